The van der Waals surface area contributed by atoms with Crippen LogP contribution in [-0.2, 0) is 15.1 Å². The highest BCUT2D eigenvalue weighted by molar-refractivity contribution is 6.09. The minimum absolute atomic E-state index is 0.221. The van der Waals surface area contributed by atoms with Crippen LogP contribution in [-0.4, -0.2) is 47.3 Å². The number of rotatable bonds is 6. The predicted molar refractivity (Wildman–Crippen MR) is 86.6 cm³/mol. The first kappa shape index (κ1) is 17.0. The van der Waals surface area contributed by atoms with Crippen molar-refractivity contribution >= 4 is 17.8 Å². The molecule has 0 unspecified atom stereocenters. The van der Waals surface area contributed by atoms with Gasteiger partial charge in [0.15, 0.2) is 0 Å². The number of imide groups is 1. The standard InChI is InChI=1S/C17H23N3O3/c1-4-17(13-10-8-7-9-11-13)15(22)20(16(23)18-17)12-14(21)19(5-2)6-3/h7-11H,4-6,12H2,1-3H3,(H,18,23)/t17-/m1/s1. The summed E-state index contributed by atoms with van der Waals surface area (Å²) in [5.74, 6) is -0.588. The molecular weight excluding hydrogens is 294 g/mol. The first-order valence-electron chi connectivity index (χ1n) is 7.97. The smallest absolute Gasteiger partial charge is 0.325 e. The number of likely N-dealkylation sites (N-methyl/N-ethyl adjacent to an activating group) is 1. The molecule has 6 heteroatoms. The fourth-order valence-corrected chi connectivity index (χ4v) is 2.94. The molecule has 0 saturated carbocycles. The average Bonchev–Trinajstić information content (AvgIpc) is 2.82. The van der Waals surface area contributed by atoms with Crippen LogP contribution in [0.25, 0.3) is 0 Å². The van der Waals surface area contributed by atoms with E-state index >= 15 is 0 Å². The molecule has 1 saturated heterocycles. The number of nitrogens with one attached hydrogen (secondary N) is 1. The van der Waals surface area contributed by atoms with Crippen LogP contribution in [0.15, 0.2) is 30.3 Å². The van der Waals surface area contributed by atoms with E-state index in [0.717, 1.165) is 10.5 Å². The van der Waals surface area contributed by atoms with E-state index in [-0.39, 0.29) is 18.4 Å². The van der Waals surface area contributed by atoms with E-state index in [9.17, 15) is 14.4 Å². The SMILES string of the molecule is CCN(CC)C(=O)CN1C(=O)N[C@](CC)(c2ccccc2)C1=O. The molecule has 2 rings (SSSR count). The quantitative estimate of drug-likeness (QED) is 0.812. The molecule has 124 valence electrons. The number of urea groups is 1. The predicted octanol–water partition coefficient (Wildman–Crippen LogP) is 1.71. The van der Waals surface area contributed by atoms with E-state index in [2.05, 4.69) is 5.32 Å². The molecule has 4 amide bonds. The van der Waals surface area contributed by atoms with Gasteiger partial charge in [-0.2, -0.15) is 0 Å². The van der Waals surface area contributed by atoms with Crippen LogP contribution in [0.2, 0.25) is 0 Å². The second kappa shape index (κ2) is 6.81. The minimum Gasteiger partial charge on any atom is -0.342 e. The summed E-state index contributed by atoms with van der Waals surface area (Å²) in [5.41, 5.74) is -0.347. The number of carbonyl (C=O) groups is 3. The van der Waals surface area contributed by atoms with Crippen molar-refractivity contribution in [1.29, 1.82) is 0 Å². The molecule has 0 radical (unpaired) electrons. The zero-order valence-electron chi connectivity index (χ0n) is 13.8. The van der Waals surface area contributed by atoms with Gasteiger partial charge in [0.2, 0.25) is 5.91 Å². The summed E-state index contributed by atoms with van der Waals surface area (Å²) in [6.07, 6.45) is 0.428. The molecule has 0 aromatic heterocycles. The summed E-state index contributed by atoms with van der Waals surface area (Å²) in [6.45, 7) is 6.47. The van der Waals surface area contributed by atoms with Gasteiger partial charge in [-0.3, -0.25) is 14.5 Å². The maximum Gasteiger partial charge on any atom is 0.325 e. The zero-order valence-corrected chi connectivity index (χ0v) is 13.8. The molecule has 23 heavy (non-hydrogen) atoms. The van der Waals surface area contributed by atoms with Crippen LogP contribution < -0.4 is 5.32 Å². The molecule has 0 spiro atoms. The molecule has 1 aromatic carbocycles. The summed E-state index contributed by atoms with van der Waals surface area (Å²) in [4.78, 5) is 40.0. The van der Waals surface area contributed by atoms with Gasteiger partial charge in [-0.1, -0.05) is 37.3 Å². The van der Waals surface area contributed by atoms with Crippen molar-refractivity contribution in [3.63, 3.8) is 0 Å². The highest BCUT2D eigenvalue weighted by Gasteiger charge is 2.51. The average molecular weight is 317 g/mol. The van der Waals surface area contributed by atoms with Crippen LogP contribution in [0.5, 0.6) is 0 Å². The first-order valence-corrected chi connectivity index (χ1v) is 7.97. The molecule has 1 aliphatic rings. The lowest BCUT2D eigenvalue weighted by Gasteiger charge is -2.26. The first-order chi connectivity index (χ1) is 11.0. The number of amides is 4. The fraction of sp³-hybridized carbons (Fsp3) is 0.471. The summed E-state index contributed by atoms with van der Waals surface area (Å²) in [5, 5.41) is 2.78. The molecule has 1 heterocycles. The third-order valence-electron chi connectivity index (χ3n) is 4.38. The number of nitrogens with zero attached hydrogens (tertiary/aromatic N) is 2. The van der Waals surface area contributed by atoms with Gasteiger partial charge >= 0.3 is 6.03 Å². The van der Waals surface area contributed by atoms with Crippen molar-refractivity contribution in [1.82, 2.24) is 15.1 Å². The van der Waals surface area contributed by atoms with Gasteiger partial charge in [0.25, 0.3) is 5.91 Å². The zero-order chi connectivity index (χ0) is 17.0. The molecule has 0 aliphatic carbocycles. The number of benzene rings is 1. The Morgan fingerprint density at radius 3 is 2.26 bits per heavy atom. The maximum absolute atomic E-state index is 12.9. The summed E-state index contributed by atoms with van der Waals surface area (Å²) in [6, 6.07) is 8.64. The molecule has 1 aliphatic heterocycles. The maximum atomic E-state index is 12.9. The molecule has 0 bridgehead atoms. The van der Waals surface area contributed by atoms with Crippen LogP contribution in [0.4, 0.5) is 4.79 Å². The lowest BCUT2D eigenvalue weighted by Crippen LogP contribution is -2.45. The van der Waals surface area contributed by atoms with Gasteiger partial charge in [-0.25, -0.2) is 4.79 Å². The van der Waals surface area contributed by atoms with Crippen LogP contribution in [0.3, 0.4) is 0 Å². The normalized spacial score (nSPS) is 20.6. The third kappa shape index (κ3) is 2.93. The fourth-order valence-electron chi connectivity index (χ4n) is 2.94. The van der Waals surface area contributed by atoms with E-state index in [0.29, 0.717) is 19.5 Å². The van der Waals surface area contributed by atoms with E-state index in [1.807, 2.05) is 51.1 Å². The Hall–Kier alpha value is -2.37. The minimum atomic E-state index is -1.08. The van der Waals surface area contributed by atoms with Gasteiger partial charge < -0.3 is 10.2 Å². The van der Waals surface area contributed by atoms with E-state index in [4.69, 9.17) is 0 Å². The van der Waals surface area contributed by atoms with E-state index in [1.54, 1.807) is 4.90 Å². The van der Waals surface area contributed by atoms with Gasteiger partial charge in [0.1, 0.15) is 12.1 Å². The summed E-state index contributed by atoms with van der Waals surface area (Å²) >= 11 is 0. The summed E-state index contributed by atoms with van der Waals surface area (Å²) < 4.78 is 0. The highest BCUT2D eigenvalue weighted by atomic mass is 16.2. The molecule has 1 aromatic rings. The van der Waals surface area contributed by atoms with Crippen molar-refractivity contribution in [3.05, 3.63) is 35.9 Å². The Balaban J connectivity index is 2.27. The van der Waals surface area contributed by atoms with Crippen LogP contribution in [0.1, 0.15) is 32.8 Å². The monoisotopic (exact) mass is 317 g/mol. The van der Waals surface area contributed by atoms with Crippen LogP contribution in [0, 0.1) is 0 Å². The molecule has 1 N–H and O–H groups in total. The largest absolute Gasteiger partial charge is 0.342 e. The number of hydrogen-bond acceptors (Lipinski definition) is 3. The topological polar surface area (TPSA) is 69.7 Å². The van der Waals surface area contributed by atoms with Crippen molar-refractivity contribution in [2.45, 2.75) is 32.7 Å². The molecule has 1 fully saturated rings. The van der Waals surface area contributed by atoms with Gasteiger partial charge in [0.05, 0.1) is 0 Å². The van der Waals surface area contributed by atoms with Gasteiger partial charge in [0, 0.05) is 13.1 Å². The Morgan fingerprint density at radius 1 is 1.13 bits per heavy atom. The Kier molecular flexibility index (Phi) is 5.03. The lowest BCUT2D eigenvalue weighted by molar-refractivity contribution is -0.139. The van der Waals surface area contributed by atoms with Gasteiger partial charge in [-0.05, 0) is 25.8 Å². The summed E-state index contributed by atoms with van der Waals surface area (Å²) in [7, 11) is 0. The van der Waals surface area contributed by atoms with Crippen molar-refractivity contribution in [3.8, 4) is 0 Å². The Labute approximate surface area is 136 Å². The van der Waals surface area contributed by atoms with Crippen molar-refractivity contribution < 1.29 is 14.4 Å². The third-order valence-corrected chi connectivity index (χ3v) is 4.38. The molecule has 1 atom stereocenters. The molecule has 6 nitrogen and oxygen atoms in total. The lowest BCUT2D eigenvalue weighted by atomic mass is 9.87. The Bertz CT molecular complexity index is 598. The second-order valence-corrected chi connectivity index (χ2v) is 5.51. The van der Waals surface area contributed by atoms with Crippen LogP contribution >= 0.6 is 0 Å². The van der Waals surface area contributed by atoms with Gasteiger partial charge in [-0.15, -0.1) is 0 Å². The van der Waals surface area contributed by atoms with E-state index < -0.39 is 11.6 Å². The number of carbonyl (C=O) groups excluding carboxylic acids is 3. The van der Waals surface area contributed by atoms with Crippen molar-refractivity contribution in [2.75, 3.05) is 19.6 Å². The van der Waals surface area contributed by atoms with Crippen molar-refractivity contribution in [2.24, 2.45) is 0 Å². The molecular formula is C17H23N3O3. The Morgan fingerprint density at radius 2 is 1.74 bits per heavy atom. The highest BCUT2D eigenvalue weighted by Crippen LogP contribution is 2.32. The number of hydrogen-bond donors (Lipinski definition) is 1. The van der Waals surface area contributed by atoms with E-state index in [1.165, 1.54) is 0 Å². The second-order valence-electron chi connectivity index (χ2n) is 5.51.